The molecular weight excluding hydrogens is 296 g/mol. The molecule has 0 heterocycles. The molecule has 0 atom stereocenters. The third-order valence-electron chi connectivity index (χ3n) is 2.52. The molecular formula is C15H19F2NO4. The Bertz CT molecular complexity index is 506. The van der Waals surface area contributed by atoms with Gasteiger partial charge in [0.15, 0.2) is 11.5 Å². The lowest BCUT2D eigenvalue weighted by molar-refractivity contribution is -0.116. The molecule has 0 radical (unpaired) electrons. The van der Waals surface area contributed by atoms with Gasteiger partial charge in [-0.2, -0.15) is 8.78 Å². The van der Waals surface area contributed by atoms with Crippen LogP contribution < -0.4 is 14.8 Å². The molecule has 1 N–H and O–H groups in total. The van der Waals surface area contributed by atoms with Crippen LogP contribution in [0, 0.1) is 0 Å². The zero-order valence-electron chi connectivity index (χ0n) is 12.5. The van der Waals surface area contributed by atoms with Gasteiger partial charge in [-0.05, 0) is 30.7 Å². The third kappa shape index (κ3) is 6.53. The largest absolute Gasteiger partial charge is 0.490 e. The number of amides is 1. The monoisotopic (exact) mass is 315 g/mol. The average molecular weight is 315 g/mol. The van der Waals surface area contributed by atoms with Crippen LogP contribution in [0.2, 0.25) is 0 Å². The van der Waals surface area contributed by atoms with Crippen LogP contribution in [0.1, 0.15) is 12.5 Å². The van der Waals surface area contributed by atoms with Crippen LogP contribution in [-0.4, -0.2) is 39.4 Å². The lowest BCUT2D eigenvalue weighted by atomic mass is 10.2. The standard InChI is InChI=1S/C15H19F2NO4/c1-3-21-13-10-11(4-6-12(13)22-15(16)17)5-7-14(19)18-8-9-20-2/h4-7,10,15H,3,8-9H2,1-2H3,(H,18,19)/b7-5+. The van der Waals surface area contributed by atoms with Crippen molar-refractivity contribution in [2.45, 2.75) is 13.5 Å². The predicted molar refractivity (Wildman–Crippen MR) is 78.2 cm³/mol. The Labute approximate surface area is 127 Å². The minimum atomic E-state index is -2.92. The van der Waals surface area contributed by atoms with Crippen molar-refractivity contribution in [3.05, 3.63) is 29.8 Å². The summed E-state index contributed by atoms with van der Waals surface area (Å²) in [5.74, 6) is -0.119. The quantitative estimate of drug-likeness (QED) is 0.562. The molecule has 0 unspecified atom stereocenters. The maximum Gasteiger partial charge on any atom is 0.387 e. The van der Waals surface area contributed by atoms with Crippen molar-refractivity contribution < 1.29 is 27.8 Å². The molecule has 0 aliphatic rings. The first-order chi connectivity index (χ1) is 10.6. The number of benzene rings is 1. The molecule has 0 fully saturated rings. The second kappa shape index (κ2) is 9.73. The molecule has 22 heavy (non-hydrogen) atoms. The van der Waals surface area contributed by atoms with Gasteiger partial charge in [0.2, 0.25) is 5.91 Å². The first-order valence-corrected chi connectivity index (χ1v) is 6.73. The first kappa shape index (κ1) is 17.9. The van der Waals surface area contributed by atoms with Crippen molar-refractivity contribution in [3.63, 3.8) is 0 Å². The Morgan fingerprint density at radius 1 is 1.36 bits per heavy atom. The number of halogens is 2. The Morgan fingerprint density at radius 3 is 2.77 bits per heavy atom. The van der Waals surface area contributed by atoms with E-state index in [0.29, 0.717) is 25.3 Å². The maximum atomic E-state index is 12.3. The van der Waals surface area contributed by atoms with Crippen LogP contribution in [0.25, 0.3) is 6.08 Å². The maximum absolute atomic E-state index is 12.3. The summed E-state index contributed by atoms with van der Waals surface area (Å²) >= 11 is 0. The zero-order valence-corrected chi connectivity index (χ0v) is 12.5. The van der Waals surface area contributed by atoms with Crippen LogP contribution in [0.15, 0.2) is 24.3 Å². The highest BCUT2D eigenvalue weighted by Gasteiger charge is 2.11. The topological polar surface area (TPSA) is 56.8 Å². The molecule has 0 aromatic heterocycles. The van der Waals surface area contributed by atoms with Crippen molar-refractivity contribution in [3.8, 4) is 11.5 Å². The van der Waals surface area contributed by atoms with Crippen LogP contribution in [-0.2, 0) is 9.53 Å². The molecule has 0 aliphatic carbocycles. The Balaban J connectivity index is 2.74. The number of alkyl halides is 2. The van der Waals surface area contributed by atoms with E-state index in [1.165, 1.54) is 18.2 Å². The van der Waals surface area contributed by atoms with Gasteiger partial charge >= 0.3 is 6.61 Å². The van der Waals surface area contributed by atoms with Gasteiger partial charge in [-0.3, -0.25) is 4.79 Å². The van der Waals surface area contributed by atoms with E-state index in [-0.39, 0.29) is 17.4 Å². The number of hydrogen-bond donors (Lipinski definition) is 1. The molecule has 1 amide bonds. The number of carbonyl (C=O) groups is 1. The van der Waals surface area contributed by atoms with Crippen molar-refractivity contribution >= 4 is 12.0 Å². The van der Waals surface area contributed by atoms with Crippen molar-refractivity contribution in [2.75, 3.05) is 26.9 Å². The number of rotatable bonds is 9. The third-order valence-corrected chi connectivity index (χ3v) is 2.52. The lowest BCUT2D eigenvalue weighted by Gasteiger charge is -2.11. The molecule has 5 nitrogen and oxygen atoms in total. The minimum Gasteiger partial charge on any atom is -0.490 e. The number of ether oxygens (including phenoxy) is 3. The van der Waals surface area contributed by atoms with Crippen molar-refractivity contribution in [2.24, 2.45) is 0 Å². The van der Waals surface area contributed by atoms with Crippen LogP contribution in [0.3, 0.4) is 0 Å². The fourth-order valence-electron chi connectivity index (χ4n) is 1.60. The highest BCUT2D eigenvalue weighted by atomic mass is 19.3. The van der Waals surface area contributed by atoms with Crippen molar-refractivity contribution in [1.29, 1.82) is 0 Å². The first-order valence-electron chi connectivity index (χ1n) is 6.73. The summed E-state index contributed by atoms with van der Waals surface area (Å²) in [4.78, 5) is 11.5. The fourth-order valence-corrected chi connectivity index (χ4v) is 1.60. The Morgan fingerprint density at radius 2 is 2.14 bits per heavy atom. The number of methoxy groups -OCH3 is 1. The van der Waals surface area contributed by atoms with E-state index >= 15 is 0 Å². The van der Waals surface area contributed by atoms with Crippen LogP contribution in [0.4, 0.5) is 8.78 Å². The predicted octanol–water partition coefficient (Wildman–Crippen LogP) is 2.46. The molecule has 7 heteroatoms. The highest BCUT2D eigenvalue weighted by molar-refractivity contribution is 5.91. The number of carbonyl (C=O) groups excluding carboxylic acids is 1. The van der Waals surface area contributed by atoms with E-state index < -0.39 is 6.61 Å². The Kier molecular flexibility index (Phi) is 7.91. The Hall–Kier alpha value is -2.15. The zero-order chi connectivity index (χ0) is 16.4. The summed E-state index contributed by atoms with van der Waals surface area (Å²) in [6.07, 6.45) is 2.89. The van der Waals surface area contributed by atoms with Gasteiger partial charge in [-0.1, -0.05) is 6.07 Å². The second-order valence-electron chi connectivity index (χ2n) is 4.13. The molecule has 0 aliphatic heterocycles. The van der Waals surface area contributed by atoms with Crippen LogP contribution >= 0.6 is 0 Å². The van der Waals surface area contributed by atoms with Gasteiger partial charge in [-0.25, -0.2) is 0 Å². The fraction of sp³-hybridized carbons (Fsp3) is 0.400. The van der Waals surface area contributed by atoms with E-state index in [9.17, 15) is 13.6 Å². The molecule has 0 spiro atoms. The second-order valence-corrected chi connectivity index (χ2v) is 4.13. The summed E-state index contributed by atoms with van der Waals surface area (Å²) < 4.78 is 39.0. The van der Waals surface area contributed by atoms with E-state index in [4.69, 9.17) is 9.47 Å². The molecule has 1 aromatic carbocycles. The van der Waals surface area contributed by atoms with Gasteiger partial charge in [0.1, 0.15) is 0 Å². The van der Waals surface area contributed by atoms with E-state index in [2.05, 4.69) is 10.1 Å². The molecule has 1 aromatic rings. The number of nitrogens with one attached hydrogen (secondary N) is 1. The number of hydrogen-bond acceptors (Lipinski definition) is 4. The lowest BCUT2D eigenvalue weighted by Crippen LogP contribution is -2.24. The molecule has 0 saturated heterocycles. The summed E-state index contributed by atoms with van der Waals surface area (Å²) in [6.45, 7) is -0.0480. The van der Waals surface area contributed by atoms with Crippen molar-refractivity contribution in [1.82, 2.24) is 5.32 Å². The molecule has 0 saturated carbocycles. The van der Waals surface area contributed by atoms with Gasteiger partial charge in [0, 0.05) is 19.7 Å². The van der Waals surface area contributed by atoms with E-state index in [0.717, 1.165) is 0 Å². The summed E-state index contributed by atoms with van der Waals surface area (Å²) in [5.41, 5.74) is 0.631. The highest BCUT2D eigenvalue weighted by Crippen LogP contribution is 2.30. The molecule has 1 rings (SSSR count). The van der Waals surface area contributed by atoms with Gasteiger partial charge < -0.3 is 19.5 Å². The molecule has 122 valence electrons. The van der Waals surface area contributed by atoms with Gasteiger partial charge in [0.25, 0.3) is 0 Å². The van der Waals surface area contributed by atoms with E-state index in [1.54, 1.807) is 26.2 Å². The summed E-state index contributed by atoms with van der Waals surface area (Å²) in [6, 6.07) is 4.46. The normalized spacial score (nSPS) is 11.0. The molecule has 0 bridgehead atoms. The summed E-state index contributed by atoms with van der Waals surface area (Å²) in [5, 5.41) is 2.63. The summed E-state index contributed by atoms with van der Waals surface area (Å²) in [7, 11) is 1.54. The van der Waals surface area contributed by atoms with Gasteiger partial charge in [0.05, 0.1) is 13.2 Å². The average Bonchev–Trinajstić information content (AvgIpc) is 2.47. The van der Waals surface area contributed by atoms with Gasteiger partial charge in [-0.15, -0.1) is 0 Å². The van der Waals surface area contributed by atoms with E-state index in [1.807, 2.05) is 0 Å². The SMILES string of the molecule is CCOc1cc(/C=C/C(=O)NCCOC)ccc1OC(F)F. The smallest absolute Gasteiger partial charge is 0.387 e. The minimum absolute atomic E-state index is 0.0430. The van der Waals surface area contributed by atoms with Crippen LogP contribution in [0.5, 0.6) is 11.5 Å².